The van der Waals surface area contributed by atoms with Crippen LogP contribution in [0.1, 0.15) is 46.5 Å². The SMILES string of the molecule is CCC1(C)CSC(=NCC2(C)CCC2)N1. The van der Waals surface area contributed by atoms with Crippen molar-refractivity contribution in [2.75, 3.05) is 12.3 Å². The van der Waals surface area contributed by atoms with Gasteiger partial charge >= 0.3 is 0 Å². The lowest BCUT2D eigenvalue weighted by atomic mass is 9.71. The Morgan fingerprint density at radius 2 is 2.13 bits per heavy atom. The fraction of sp³-hybridized carbons (Fsp3) is 0.917. The monoisotopic (exact) mass is 226 g/mol. The van der Waals surface area contributed by atoms with E-state index in [1.54, 1.807) is 0 Å². The first-order valence-electron chi connectivity index (χ1n) is 6.01. The van der Waals surface area contributed by atoms with Gasteiger partial charge in [-0.25, -0.2) is 0 Å². The predicted molar refractivity (Wildman–Crippen MR) is 68.5 cm³/mol. The molecule has 1 N–H and O–H groups in total. The summed E-state index contributed by atoms with van der Waals surface area (Å²) < 4.78 is 0. The fourth-order valence-electron chi connectivity index (χ4n) is 2.03. The van der Waals surface area contributed by atoms with Gasteiger partial charge in [-0.2, -0.15) is 0 Å². The van der Waals surface area contributed by atoms with Crippen LogP contribution in [0.5, 0.6) is 0 Å². The second-order valence-corrected chi connectivity index (χ2v) is 6.58. The molecular formula is C12H22N2S. The molecule has 1 saturated heterocycles. The molecule has 0 spiro atoms. The van der Waals surface area contributed by atoms with E-state index in [9.17, 15) is 0 Å². The Labute approximate surface area is 97.3 Å². The normalized spacial score (nSPS) is 36.3. The number of hydrogen-bond donors (Lipinski definition) is 1. The molecule has 0 bridgehead atoms. The van der Waals surface area contributed by atoms with Gasteiger partial charge in [-0.15, -0.1) is 0 Å². The van der Waals surface area contributed by atoms with Gasteiger partial charge in [-0.1, -0.05) is 32.0 Å². The van der Waals surface area contributed by atoms with Crippen LogP contribution in [0.4, 0.5) is 0 Å². The van der Waals surface area contributed by atoms with E-state index in [1.165, 1.54) is 36.6 Å². The van der Waals surface area contributed by atoms with Gasteiger partial charge in [0, 0.05) is 17.8 Å². The highest BCUT2D eigenvalue weighted by Crippen LogP contribution is 2.40. The molecule has 1 atom stereocenters. The van der Waals surface area contributed by atoms with E-state index in [4.69, 9.17) is 4.99 Å². The van der Waals surface area contributed by atoms with Gasteiger partial charge in [0.15, 0.2) is 5.17 Å². The number of rotatable bonds is 3. The summed E-state index contributed by atoms with van der Waals surface area (Å²) in [6.07, 6.45) is 5.30. The smallest absolute Gasteiger partial charge is 0.157 e. The van der Waals surface area contributed by atoms with Gasteiger partial charge in [-0.3, -0.25) is 4.99 Å². The Morgan fingerprint density at radius 3 is 2.60 bits per heavy atom. The van der Waals surface area contributed by atoms with Gasteiger partial charge in [-0.05, 0) is 31.6 Å². The Hall–Kier alpha value is -0.180. The van der Waals surface area contributed by atoms with Crippen LogP contribution in [0.3, 0.4) is 0 Å². The topological polar surface area (TPSA) is 24.4 Å². The first-order chi connectivity index (χ1) is 7.05. The summed E-state index contributed by atoms with van der Waals surface area (Å²) in [6.45, 7) is 7.90. The van der Waals surface area contributed by atoms with Crippen LogP contribution < -0.4 is 5.32 Å². The summed E-state index contributed by atoms with van der Waals surface area (Å²) in [4.78, 5) is 4.73. The minimum atomic E-state index is 0.282. The molecule has 0 radical (unpaired) electrons. The second-order valence-electron chi connectivity index (χ2n) is 5.61. The highest BCUT2D eigenvalue weighted by atomic mass is 32.2. The summed E-state index contributed by atoms with van der Waals surface area (Å²) >= 11 is 1.89. The molecule has 2 fully saturated rings. The highest BCUT2D eigenvalue weighted by molar-refractivity contribution is 8.14. The molecule has 1 aliphatic carbocycles. The molecular weight excluding hydrogens is 204 g/mol. The Bertz CT molecular complexity index is 271. The molecule has 2 rings (SSSR count). The van der Waals surface area contributed by atoms with Crippen molar-refractivity contribution in [3.63, 3.8) is 0 Å². The highest BCUT2D eigenvalue weighted by Gasteiger charge is 2.33. The van der Waals surface area contributed by atoms with Crippen molar-refractivity contribution in [2.24, 2.45) is 10.4 Å². The van der Waals surface area contributed by atoms with E-state index in [-0.39, 0.29) is 5.54 Å². The van der Waals surface area contributed by atoms with Gasteiger partial charge in [0.1, 0.15) is 0 Å². The maximum atomic E-state index is 4.73. The maximum Gasteiger partial charge on any atom is 0.157 e. The van der Waals surface area contributed by atoms with E-state index >= 15 is 0 Å². The first kappa shape index (κ1) is 11.3. The van der Waals surface area contributed by atoms with E-state index in [0.29, 0.717) is 5.41 Å². The number of thioether (sulfide) groups is 1. The van der Waals surface area contributed by atoms with Crippen LogP contribution >= 0.6 is 11.8 Å². The third-order valence-electron chi connectivity index (χ3n) is 3.88. The number of amidine groups is 1. The minimum absolute atomic E-state index is 0.282. The van der Waals surface area contributed by atoms with Crippen molar-refractivity contribution in [1.29, 1.82) is 0 Å². The summed E-state index contributed by atoms with van der Waals surface area (Å²) in [7, 11) is 0. The quantitative estimate of drug-likeness (QED) is 0.800. The average molecular weight is 226 g/mol. The molecule has 2 nitrogen and oxygen atoms in total. The zero-order valence-corrected chi connectivity index (χ0v) is 10.9. The van der Waals surface area contributed by atoms with Crippen LogP contribution in [-0.4, -0.2) is 23.0 Å². The number of nitrogens with zero attached hydrogens (tertiary/aromatic N) is 1. The molecule has 1 heterocycles. The van der Waals surface area contributed by atoms with Gasteiger partial charge in [0.2, 0.25) is 0 Å². The van der Waals surface area contributed by atoms with E-state index < -0.39 is 0 Å². The van der Waals surface area contributed by atoms with Crippen LogP contribution in [0.15, 0.2) is 4.99 Å². The first-order valence-corrected chi connectivity index (χ1v) is 6.99. The lowest BCUT2D eigenvalue weighted by Gasteiger charge is -2.36. The number of aliphatic imine (C=N–C) groups is 1. The molecule has 1 saturated carbocycles. The van der Waals surface area contributed by atoms with Gasteiger partial charge in [0.05, 0.1) is 0 Å². The average Bonchev–Trinajstić information content (AvgIpc) is 2.56. The molecule has 86 valence electrons. The lowest BCUT2D eigenvalue weighted by Crippen LogP contribution is -2.40. The lowest BCUT2D eigenvalue weighted by molar-refractivity contribution is 0.174. The van der Waals surface area contributed by atoms with Crippen LogP contribution in [-0.2, 0) is 0 Å². The molecule has 15 heavy (non-hydrogen) atoms. The third kappa shape index (κ3) is 2.49. The largest absolute Gasteiger partial charge is 0.359 e. The summed E-state index contributed by atoms with van der Waals surface area (Å²) in [5, 5.41) is 4.72. The van der Waals surface area contributed by atoms with Gasteiger partial charge in [0.25, 0.3) is 0 Å². The molecule has 3 heteroatoms. The molecule has 1 aliphatic heterocycles. The Morgan fingerprint density at radius 1 is 1.40 bits per heavy atom. The molecule has 0 amide bonds. The summed E-state index contributed by atoms with van der Waals surface area (Å²) in [5.74, 6) is 1.17. The van der Waals surface area contributed by atoms with Crippen molar-refractivity contribution in [1.82, 2.24) is 5.32 Å². The second kappa shape index (κ2) is 4.00. The van der Waals surface area contributed by atoms with E-state index in [1.807, 2.05) is 11.8 Å². The number of nitrogens with one attached hydrogen (secondary N) is 1. The van der Waals surface area contributed by atoms with Crippen LogP contribution in [0.2, 0.25) is 0 Å². The predicted octanol–water partition coefficient (Wildman–Crippen LogP) is 3.04. The van der Waals surface area contributed by atoms with Crippen molar-refractivity contribution < 1.29 is 0 Å². The summed E-state index contributed by atoms with van der Waals surface area (Å²) in [6, 6.07) is 0. The molecule has 0 aromatic carbocycles. The van der Waals surface area contributed by atoms with E-state index in [2.05, 4.69) is 26.1 Å². The van der Waals surface area contributed by atoms with Crippen LogP contribution in [0, 0.1) is 5.41 Å². The van der Waals surface area contributed by atoms with Crippen molar-refractivity contribution in [3.05, 3.63) is 0 Å². The van der Waals surface area contributed by atoms with Crippen molar-refractivity contribution in [3.8, 4) is 0 Å². The Kier molecular flexibility index (Phi) is 3.02. The fourth-order valence-corrected chi connectivity index (χ4v) is 3.24. The maximum absolute atomic E-state index is 4.73. The zero-order valence-electron chi connectivity index (χ0n) is 10.1. The Balaban J connectivity index is 1.87. The van der Waals surface area contributed by atoms with Crippen molar-refractivity contribution in [2.45, 2.75) is 52.0 Å². The van der Waals surface area contributed by atoms with E-state index in [0.717, 1.165) is 6.54 Å². The third-order valence-corrected chi connectivity index (χ3v) is 5.17. The molecule has 2 aliphatic rings. The standard InChI is InChI=1S/C12H22N2S/c1-4-12(3)9-15-10(14-12)13-8-11(2)6-5-7-11/h4-9H2,1-3H3,(H,13,14). The summed E-state index contributed by atoms with van der Waals surface area (Å²) in [5.41, 5.74) is 0.796. The van der Waals surface area contributed by atoms with Crippen LogP contribution in [0.25, 0.3) is 0 Å². The minimum Gasteiger partial charge on any atom is -0.359 e. The van der Waals surface area contributed by atoms with Gasteiger partial charge < -0.3 is 5.32 Å². The molecule has 0 aromatic rings. The number of hydrogen-bond acceptors (Lipinski definition) is 2. The molecule has 1 unspecified atom stereocenters. The molecule has 0 aromatic heterocycles. The zero-order chi connectivity index (χ0) is 10.9. The van der Waals surface area contributed by atoms with Crippen molar-refractivity contribution >= 4 is 16.9 Å².